The number of nitrogen functional groups attached to an aromatic ring is 1. The number of rotatable bonds is 2. The number of fused-ring (bicyclic) bond motifs is 1. The minimum absolute atomic E-state index is 0.166. The van der Waals surface area contributed by atoms with Crippen LogP contribution in [0.2, 0.25) is 0 Å². The predicted molar refractivity (Wildman–Crippen MR) is 74.0 cm³/mol. The molecule has 3 rings (SSSR count). The summed E-state index contributed by atoms with van der Waals surface area (Å²) in [5, 5.41) is 3.21. The Morgan fingerprint density at radius 2 is 2.05 bits per heavy atom. The lowest BCUT2D eigenvalue weighted by Gasteiger charge is -2.00. The summed E-state index contributed by atoms with van der Waals surface area (Å²) in [4.78, 5) is 24.0. The van der Waals surface area contributed by atoms with Gasteiger partial charge in [-0.3, -0.25) is 15.1 Å². The summed E-state index contributed by atoms with van der Waals surface area (Å²) < 4.78 is 1.01. The molecule has 0 saturated carbocycles. The summed E-state index contributed by atoms with van der Waals surface area (Å²) in [7, 11) is 0. The van der Waals surface area contributed by atoms with Crippen molar-refractivity contribution in [3.05, 3.63) is 42.4 Å². The molecule has 7 heteroatoms. The van der Waals surface area contributed by atoms with Crippen LogP contribution in [0.1, 0.15) is 10.5 Å². The van der Waals surface area contributed by atoms with Crippen LogP contribution in [-0.4, -0.2) is 20.9 Å². The Morgan fingerprint density at radius 1 is 1.21 bits per heavy atom. The molecule has 19 heavy (non-hydrogen) atoms. The van der Waals surface area contributed by atoms with Gasteiger partial charge in [0.2, 0.25) is 0 Å². The summed E-state index contributed by atoms with van der Waals surface area (Å²) in [5.41, 5.74) is 6.50. The Bertz CT molecular complexity index is 721. The second kappa shape index (κ2) is 4.62. The highest BCUT2D eigenvalue weighted by Crippen LogP contribution is 2.25. The first-order valence-corrected chi connectivity index (χ1v) is 6.28. The van der Waals surface area contributed by atoms with Crippen molar-refractivity contribution in [3.63, 3.8) is 0 Å². The van der Waals surface area contributed by atoms with Crippen LogP contribution in [0.25, 0.3) is 10.2 Å². The monoisotopic (exact) mass is 271 g/mol. The standard InChI is InChI=1S/C12H9N5OS/c13-10-6-14-5-8(15-10)11(18)17-12-16-7-3-1-2-4-9(7)19-12/h1-6H,(H2,13,15)(H,16,17,18). The number of thiazole rings is 1. The average Bonchev–Trinajstić information content (AvgIpc) is 2.80. The Morgan fingerprint density at radius 3 is 2.84 bits per heavy atom. The first-order valence-electron chi connectivity index (χ1n) is 5.47. The molecule has 3 aromatic rings. The summed E-state index contributed by atoms with van der Waals surface area (Å²) >= 11 is 1.40. The highest BCUT2D eigenvalue weighted by molar-refractivity contribution is 7.22. The normalized spacial score (nSPS) is 10.5. The summed E-state index contributed by atoms with van der Waals surface area (Å²) in [6.45, 7) is 0. The van der Waals surface area contributed by atoms with Crippen molar-refractivity contribution in [2.75, 3.05) is 11.1 Å². The second-order valence-corrected chi connectivity index (χ2v) is 4.80. The Kier molecular flexibility index (Phi) is 2.81. The molecule has 0 spiro atoms. The molecule has 1 amide bonds. The zero-order chi connectivity index (χ0) is 13.2. The van der Waals surface area contributed by atoms with Gasteiger partial charge < -0.3 is 5.73 Å². The fourth-order valence-electron chi connectivity index (χ4n) is 1.58. The molecule has 0 aliphatic rings. The fraction of sp³-hybridized carbons (Fsp3) is 0. The molecule has 0 saturated heterocycles. The van der Waals surface area contributed by atoms with Gasteiger partial charge in [0.15, 0.2) is 5.13 Å². The maximum atomic E-state index is 11.9. The highest BCUT2D eigenvalue weighted by atomic mass is 32.1. The van der Waals surface area contributed by atoms with E-state index >= 15 is 0 Å². The molecule has 1 aromatic carbocycles. The number of nitrogens with two attached hydrogens (primary N) is 1. The predicted octanol–water partition coefficient (Wildman–Crippen LogP) is 1.92. The van der Waals surface area contributed by atoms with E-state index in [4.69, 9.17) is 5.73 Å². The second-order valence-electron chi connectivity index (χ2n) is 3.77. The number of anilines is 2. The van der Waals surface area contributed by atoms with Crippen molar-refractivity contribution < 1.29 is 4.79 Å². The van der Waals surface area contributed by atoms with Gasteiger partial charge in [-0.2, -0.15) is 0 Å². The van der Waals surface area contributed by atoms with Gasteiger partial charge in [-0.15, -0.1) is 0 Å². The Balaban J connectivity index is 1.86. The number of nitrogens with zero attached hydrogens (tertiary/aromatic N) is 3. The lowest BCUT2D eigenvalue weighted by atomic mass is 10.3. The van der Waals surface area contributed by atoms with Gasteiger partial charge in [-0.05, 0) is 12.1 Å². The van der Waals surface area contributed by atoms with E-state index in [0.717, 1.165) is 10.2 Å². The zero-order valence-electron chi connectivity index (χ0n) is 9.70. The van der Waals surface area contributed by atoms with Crippen LogP contribution in [0.5, 0.6) is 0 Å². The SMILES string of the molecule is Nc1cncc(C(=O)Nc2nc3ccccc3s2)n1. The van der Waals surface area contributed by atoms with Gasteiger partial charge >= 0.3 is 0 Å². The summed E-state index contributed by atoms with van der Waals surface area (Å²) in [6.07, 6.45) is 2.74. The maximum absolute atomic E-state index is 11.9. The molecule has 2 aromatic heterocycles. The van der Waals surface area contributed by atoms with E-state index in [2.05, 4.69) is 20.3 Å². The number of benzene rings is 1. The van der Waals surface area contributed by atoms with E-state index in [1.807, 2.05) is 24.3 Å². The van der Waals surface area contributed by atoms with E-state index in [-0.39, 0.29) is 17.4 Å². The van der Waals surface area contributed by atoms with Gasteiger partial charge in [-0.25, -0.2) is 9.97 Å². The van der Waals surface area contributed by atoms with Crippen LogP contribution in [0, 0.1) is 0 Å². The van der Waals surface area contributed by atoms with Crippen LogP contribution >= 0.6 is 11.3 Å². The van der Waals surface area contributed by atoms with Crippen LogP contribution < -0.4 is 11.1 Å². The molecule has 0 unspecified atom stereocenters. The average molecular weight is 271 g/mol. The van der Waals surface area contributed by atoms with Gasteiger partial charge in [0, 0.05) is 0 Å². The molecule has 3 N–H and O–H groups in total. The van der Waals surface area contributed by atoms with E-state index in [9.17, 15) is 4.79 Å². The number of nitrogens with one attached hydrogen (secondary N) is 1. The number of para-hydroxylation sites is 1. The van der Waals surface area contributed by atoms with Gasteiger partial charge in [0.1, 0.15) is 11.5 Å². The first kappa shape index (κ1) is 11.5. The van der Waals surface area contributed by atoms with Crippen LogP contribution in [0.4, 0.5) is 10.9 Å². The molecule has 0 bridgehead atoms. The van der Waals surface area contributed by atoms with Crippen molar-refractivity contribution in [1.82, 2.24) is 15.0 Å². The quantitative estimate of drug-likeness (QED) is 0.742. The molecular formula is C12H9N5OS. The van der Waals surface area contributed by atoms with Crippen LogP contribution in [0.3, 0.4) is 0 Å². The lowest BCUT2D eigenvalue weighted by Crippen LogP contribution is -2.14. The highest BCUT2D eigenvalue weighted by Gasteiger charge is 2.11. The minimum Gasteiger partial charge on any atom is -0.382 e. The van der Waals surface area contributed by atoms with Crippen LogP contribution in [-0.2, 0) is 0 Å². The number of carbonyl (C=O) groups is 1. The van der Waals surface area contributed by atoms with Crippen molar-refractivity contribution >= 4 is 38.4 Å². The fourth-order valence-corrected chi connectivity index (χ4v) is 2.44. The first-order chi connectivity index (χ1) is 9.22. The van der Waals surface area contributed by atoms with E-state index in [1.54, 1.807) is 0 Å². The molecule has 0 atom stereocenters. The summed E-state index contributed by atoms with van der Waals surface area (Å²) in [5.74, 6) is -0.171. The summed E-state index contributed by atoms with van der Waals surface area (Å²) in [6, 6.07) is 7.66. The van der Waals surface area contributed by atoms with E-state index < -0.39 is 0 Å². The van der Waals surface area contributed by atoms with Crippen molar-refractivity contribution in [2.45, 2.75) is 0 Å². The van der Waals surface area contributed by atoms with Crippen molar-refractivity contribution in [2.24, 2.45) is 0 Å². The van der Waals surface area contributed by atoms with Crippen molar-refractivity contribution in [1.29, 1.82) is 0 Å². The van der Waals surface area contributed by atoms with Crippen LogP contribution in [0.15, 0.2) is 36.7 Å². The number of amides is 1. The zero-order valence-corrected chi connectivity index (χ0v) is 10.5. The number of aromatic nitrogens is 3. The molecule has 0 aliphatic carbocycles. The molecule has 0 radical (unpaired) electrons. The molecule has 0 aliphatic heterocycles. The molecular weight excluding hydrogens is 262 g/mol. The topological polar surface area (TPSA) is 93.8 Å². The minimum atomic E-state index is -0.376. The third-order valence-corrected chi connectivity index (χ3v) is 3.35. The third-order valence-electron chi connectivity index (χ3n) is 2.40. The maximum Gasteiger partial charge on any atom is 0.277 e. The number of hydrogen-bond donors (Lipinski definition) is 2. The van der Waals surface area contributed by atoms with Gasteiger partial charge in [0.05, 0.1) is 22.6 Å². The van der Waals surface area contributed by atoms with Crippen molar-refractivity contribution in [3.8, 4) is 0 Å². The third kappa shape index (κ3) is 2.36. The molecule has 94 valence electrons. The number of hydrogen-bond acceptors (Lipinski definition) is 6. The smallest absolute Gasteiger partial charge is 0.277 e. The lowest BCUT2D eigenvalue weighted by molar-refractivity contribution is 0.102. The van der Waals surface area contributed by atoms with E-state index in [1.165, 1.54) is 23.7 Å². The van der Waals surface area contributed by atoms with Gasteiger partial charge in [0.25, 0.3) is 5.91 Å². The Labute approximate surface area is 112 Å². The molecule has 6 nitrogen and oxygen atoms in total. The largest absolute Gasteiger partial charge is 0.382 e. The number of carbonyl (C=O) groups excluding carboxylic acids is 1. The molecule has 0 fully saturated rings. The van der Waals surface area contributed by atoms with Gasteiger partial charge in [-0.1, -0.05) is 23.5 Å². The Hall–Kier alpha value is -2.54. The molecule has 2 heterocycles. The van der Waals surface area contributed by atoms with E-state index in [0.29, 0.717) is 5.13 Å².